The number of halogens is 1. The molecule has 1 heterocycles. The van der Waals surface area contributed by atoms with Crippen molar-refractivity contribution in [1.82, 2.24) is 10.2 Å². The Balaban J connectivity index is 1.78. The average molecular weight is 367 g/mol. The Bertz CT molecular complexity index is 635. The van der Waals surface area contributed by atoms with Gasteiger partial charge in [0.05, 0.1) is 0 Å². The van der Waals surface area contributed by atoms with Gasteiger partial charge in [0, 0.05) is 24.5 Å². The molecule has 1 aliphatic rings. The standard InChI is InChI=1S/C18H23ClN2O4/c1-13(18(24)20-11-14-7-4-5-8-15(14)19)25-17(23)12-21-10-6-2-3-9-16(21)22/h4-5,7-8,13H,2-3,6,9-12H2,1H3,(H,20,24)/t13-/m1/s1. The molecule has 0 spiro atoms. The smallest absolute Gasteiger partial charge is 0.326 e. The van der Waals surface area contributed by atoms with Crippen molar-refractivity contribution in [3.8, 4) is 0 Å². The van der Waals surface area contributed by atoms with Crippen molar-refractivity contribution in [1.29, 1.82) is 0 Å². The van der Waals surface area contributed by atoms with Crippen molar-refractivity contribution in [3.63, 3.8) is 0 Å². The summed E-state index contributed by atoms with van der Waals surface area (Å²) in [6, 6.07) is 7.19. The molecule has 0 aliphatic carbocycles. The summed E-state index contributed by atoms with van der Waals surface area (Å²) < 4.78 is 5.14. The molecule has 1 aromatic rings. The highest BCUT2D eigenvalue weighted by Crippen LogP contribution is 2.14. The third-order valence-corrected chi connectivity index (χ3v) is 4.45. The van der Waals surface area contributed by atoms with Gasteiger partial charge < -0.3 is 15.0 Å². The maximum atomic E-state index is 12.1. The molecule has 0 unspecified atom stereocenters. The van der Waals surface area contributed by atoms with Gasteiger partial charge in [0.15, 0.2) is 6.10 Å². The zero-order chi connectivity index (χ0) is 18.2. The predicted molar refractivity (Wildman–Crippen MR) is 93.9 cm³/mol. The normalized spacial score (nSPS) is 16.1. The van der Waals surface area contributed by atoms with Crippen LogP contribution in [0.25, 0.3) is 0 Å². The molecular weight excluding hydrogens is 344 g/mol. The predicted octanol–water partition coefficient (Wildman–Crippen LogP) is 2.29. The number of carbonyl (C=O) groups is 3. The van der Waals surface area contributed by atoms with Crippen molar-refractivity contribution in [2.45, 2.75) is 45.3 Å². The average Bonchev–Trinajstić information content (AvgIpc) is 2.78. The second kappa shape index (κ2) is 9.42. The number of rotatable bonds is 6. The van der Waals surface area contributed by atoms with E-state index < -0.39 is 18.0 Å². The van der Waals surface area contributed by atoms with E-state index in [1.54, 1.807) is 6.07 Å². The Hall–Kier alpha value is -2.08. The first-order chi connectivity index (χ1) is 12.0. The van der Waals surface area contributed by atoms with E-state index in [0.717, 1.165) is 24.8 Å². The van der Waals surface area contributed by atoms with Gasteiger partial charge in [-0.3, -0.25) is 14.4 Å². The van der Waals surface area contributed by atoms with E-state index in [1.807, 2.05) is 18.2 Å². The number of esters is 1. The molecule has 2 amide bonds. The van der Waals surface area contributed by atoms with Crippen LogP contribution < -0.4 is 5.32 Å². The molecule has 0 saturated carbocycles. The maximum Gasteiger partial charge on any atom is 0.326 e. The molecule has 1 N–H and O–H groups in total. The fourth-order valence-corrected chi connectivity index (χ4v) is 2.82. The van der Waals surface area contributed by atoms with Crippen LogP contribution in [0.4, 0.5) is 0 Å². The van der Waals surface area contributed by atoms with E-state index in [9.17, 15) is 14.4 Å². The largest absolute Gasteiger partial charge is 0.451 e. The maximum absolute atomic E-state index is 12.1. The highest BCUT2D eigenvalue weighted by molar-refractivity contribution is 6.31. The molecule has 1 saturated heterocycles. The number of hydrogen-bond acceptors (Lipinski definition) is 4. The van der Waals surface area contributed by atoms with Crippen LogP contribution in [0.1, 0.15) is 38.2 Å². The third kappa shape index (κ3) is 6.05. The van der Waals surface area contributed by atoms with Crippen molar-refractivity contribution in [2.75, 3.05) is 13.1 Å². The number of carbonyl (C=O) groups excluding carboxylic acids is 3. The monoisotopic (exact) mass is 366 g/mol. The summed E-state index contributed by atoms with van der Waals surface area (Å²) in [5.41, 5.74) is 0.784. The van der Waals surface area contributed by atoms with Crippen LogP contribution in [-0.4, -0.2) is 41.9 Å². The summed E-state index contributed by atoms with van der Waals surface area (Å²) in [6.07, 6.45) is 2.24. The van der Waals surface area contributed by atoms with E-state index in [2.05, 4.69) is 5.32 Å². The first-order valence-electron chi connectivity index (χ1n) is 8.45. The Morgan fingerprint density at radius 3 is 2.80 bits per heavy atom. The second-order valence-corrected chi connectivity index (χ2v) is 6.47. The summed E-state index contributed by atoms with van der Waals surface area (Å²) in [4.78, 5) is 37.4. The minimum Gasteiger partial charge on any atom is -0.451 e. The number of nitrogens with zero attached hydrogens (tertiary/aromatic N) is 1. The molecule has 1 aromatic carbocycles. The zero-order valence-electron chi connectivity index (χ0n) is 14.3. The minimum absolute atomic E-state index is 0.0368. The van der Waals surface area contributed by atoms with Crippen LogP contribution in [0.3, 0.4) is 0 Å². The minimum atomic E-state index is -0.933. The molecule has 1 atom stereocenters. The summed E-state index contributed by atoms with van der Waals surface area (Å²) in [7, 11) is 0. The van der Waals surface area contributed by atoms with Crippen molar-refractivity contribution in [2.24, 2.45) is 0 Å². The Morgan fingerprint density at radius 2 is 2.04 bits per heavy atom. The molecule has 0 bridgehead atoms. The number of amides is 2. The lowest BCUT2D eigenvalue weighted by atomic mass is 10.2. The lowest BCUT2D eigenvalue weighted by Crippen LogP contribution is -2.40. The van der Waals surface area contributed by atoms with Crippen LogP contribution >= 0.6 is 11.6 Å². The highest BCUT2D eigenvalue weighted by atomic mass is 35.5. The summed E-state index contributed by atoms with van der Waals surface area (Å²) in [5.74, 6) is -1.02. The van der Waals surface area contributed by atoms with Crippen LogP contribution in [-0.2, 0) is 25.7 Å². The molecule has 7 heteroatoms. The number of nitrogens with one attached hydrogen (secondary N) is 1. The van der Waals surface area contributed by atoms with Gasteiger partial charge in [-0.05, 0) is 31.4 Å². The van der Waals surface area contributed by atoms with E-state index in [1.165, 1.54) is 11.8 Å². The van der Waals surface area contributed by atoms with Crippen LogP contribution in [0, 0.1) is 0 Å². The van der Waals surface area contributed by atoms with Gasteiger partial charge in [-0.1, -0.05) is 36.2 Å². The first kappa shape index (κ1) is 19.2. The molecule has 2 rings (SSSR count). The topological polar surface area (TPSA) is 75.7 Å². The number of ether oxygens (including phenoxy) is 1. The summed E-state index contributed by atoms with van der Waals surface area (Å²) in [6.45, 7) is 2.21. The molecule has 0 aromatic heterocycles. The fraction of sp³-hybridized carbons (Fsp3) is 0.500. The molecule has 136 valence electrons. The summed E-state index contributed by atoms with van der Waals surface area (Å²) in [5, 5.41) is 3.25. The summed E-state index contributed by atoms with van der Waals surface area (Å²) >= 11 is 6.03. The molecule has 25 heavy (non-hydrogen) atoms. The third-order valence-electron chi connectivity index (χ3n) is 4.08. The lowest BCUT2D eigenvalue weighted by molar-refractivity contribution is -0.157. The van der Waals surface area contributed by atoms with E-state index in [-0.39, 0.29) is 19.0 Å². The van der Waals surface area contributed by atoms with Gasteiger partial charge in [-0.2, -0.15) is 0 Å². The fourth-order valence-electron chi connectivity index (χ4n) is 2.62. The highest BCUT2D eigenvalue weighted by Gasteiger charge is 2.23. The Labute approximate surface area is 152 Å². The Kier molecular flexibility index (Phi) is 7.25. The second-order valence-electron chi connectivity index (χ2n) is 6.07. The van der Waals surface area contributed by atoms with Crippen molar-refractivity contribution >= 4 is 29.4 Å². The molecule has 0 radical (unpaired) electrons. The van der Waals surface area contributed by atoms with Gasteiger partial charge in [0.25, 0.3) is 5.91 Å². The van der Waals surface area contributed by atoms with Gasteiger partial charge >= 0.3 is 5.97 Å². The van der Waals surface area contributed by atoms with Crippen molar-refractivity contribution < 1.29 is 19.1 Å². The van der Waals surface area contributed by atoms with E-state index in [0.29, 0.717) is 18.0 Å². The van der Waals surface area contributed by atoms with Crippen LogP contribution in [0.5, 0.6) is 0 Å². The lowest BCUT2D eigenvalue weighted by Gasteiger charge is -2.20. The Morgan fingerprint density at radius 1 is 1.28 bits per heavy atom. The van der Waals surface area contributed by atoms with Gasteiger partial charge in [-0.25, -0.2) is 0 Å². The quantitative estimate of drug-likeness (QED) is 0.784. The molecule has 6 nitrogen and oxygen atoms in total. The first-order valence-corrected chi connectivity index (χ1v) is 8.83. The molecule has 1 fully saturated rings. The molecular formula is C18H23ClN2O4. The van der Waals surface area contributed by atoms with E-state index in [4.69, 9.17) is 16.3 Å². The van der Waals surface area contributed by atoms with Crippen LogP contribution in [0.2, 0.25) is 5.02 Å². The van der Waals surface area contributed by atoms with Gasteiger partial charge in [0.2, 0.25) is 5.91 Å². The van der Waals surface area contributed by atoms with Gasteiger partial charge in [0.1, 0.15) is 6.54 Å². The zero-order valence-corrected chi connectivity index (χ0v) is 15.1. The number of hydrogen-bond donors (Lipinski definition) is 1. The van der Waals surface area contributed by atoms with Crippen molar-refractivity contribution in [3.05, 3.63) is 34.9 Å². The number of likely N-dealkylation sites (tertiary alicyclic amines) is 1. The van der Waals surface area contributed by atoms with Gasteiger partial charge in [-0.15, -0.1) is 0 Å². The SMILES string of the molecule is C[C@@H](OC(=O)CN1CCCCCC1=O)C(=O)NCc1ccccc1Cl. The number of benzene rings is 1. The van der Waals surface area contributed by atoms with E-state index >= 15 is 0 Å². The molecule has 1 aliphatic heterocycles. The van der Waals surface area contributed by atoms with Crippen LogP contribution in [0.15, 0.2) is 24.3 Å².